The number of hydrogen-bond donors (Lipinski definition) is 1. The lowest BCUT2D eigenvalue weighted by Gasteiger charge is -2.10. The maximum absolute atomic E-state index is 12.3. The SMILES string of the molecule is CNC.O=C(OC1CCCC1)c1ccc2nc(-c3cc(Cl)cc(Cl)c3)oc2c1. The van der Waals surface area contributed by atoms with Crippen molar-refractivity contribution in [2.24, 2.45) is 0 Å². The minimum absolute atomic E-state index is 0.0297. The molecule has 4 rings (SSSR count). The smallest absolute Gasteiger partial charge is 0.338 e. The van der Waals surface area contributed by atoms with Crippen molar-refractivity contribution in [2.45, 2.75) is 31.8 Å². The summed E-state index contributed by atoms with van der Waals surface area (Å²) in [6.45, 7) is 0. The minimum atomic E-state index is -0.322. The number of esters is 1. The standard InChI is InChI=1S/C19H15Cl2NO3.C2H7N/c20-13-7-12(8-14(21)10-13)18-22-16-6-5-11(9-17(16)25-18)19(23)24-15-3-1-2-4-15;1-3-2/h5-10,15H,1-4H2;3H,1-2H3. The molecule has 0 saturated heterocycles. The predicted octanol–water partition coefficient (Wildman–Crippen LogP) is 5.74. The van der Waals surface area contributed by atoms with Crippen LogP contribution in [0.1, 0.15) is 36.0 Å². The van der Waals surface area contributed by atoms with Crippen LogP contribution in [0.3, 0.4) is 0 Å². The number of hydrogen-bond acceptors (Lipinski definition) is 5. The van der Waals surface area contributed by atoms with Crippen LogP contribution in [0.2, 0.25) is 10.0 Å². The Labute approximate surface area is 174 Å². The molecule has 1 heterocycles. The molecule has 2 aromatic carbocycles. The predicted molar refractivity (Wildman–Crippen MR) is 112 cm³/mol. The fraction of sp³-hybridized carbons (Fsp3) is 0.333. The zero-order valence-electron chi connectivity index (χ0n) is 15.8. The Hall–Kier alpha value is -2.08. The van der Waals surface area contributed by atoms with E-state index < -0.39 is 0 Å². The third-order valence-electron chi connectivity index (χ3n) is 4.31. The van der Waals surface area contributed by atoms with Gasteiger partial charge in [0.05, 0.1) is 5.56 Å². The first-order chi connectivity index (χ1) is 13.5. The summed E-state index contributed by atoms with van der Waals surface area (Å²) in [5.41, 5.74) is 2.32. The van der Waals surface area contributed by atoms with Gasteiger partial charge >= 0.3 is 5.97 Å². The third-order valence-corrected chi connectivity index (χ3v) is 4.75. The van der Waals surface area contributed by atoms with E-state index in [1.165, 1.54) is 0 Å². The second-order valence-electron chi connectivity index (χ2n) is 6.67. The van der Waals surface area contributed by atoms with Gasteiger partial charge in [-0.05, 0) is 76.2 Å². The van der Waals surface area contributed by atoms with Gasteiger partial charge in [-0.15, -0.1) is 0 Å². The molecule has 7 heteroatoms. The topological polar surface area (TPSA) is 64.4 Å². The van der Waals surface area contributed by atoms with Gasteiger partial charge in [-0.3, -0.25) is 0 Å². The van der Waals surface area contributed by atoms with Crippen molar-refractivity contribution < 1.29 is 13.9 Å². The van der Waals surface area contributed by atoms with Crippen molar-refractivity contribution >= 4 is 40.3 Å². The largest absolute Gasteiger partial charge is 0.459 e. The molecule has 1 aliphatic carbocycles. The molecule has 3 aromatic rings. The van der Waals surface area contributed by atoms with Crippen LogP contribution in [0.4, 0.5) is 0 Å². The molecule has 5 nitrogen and oxygen atoms in total. The van der Waals surface area contributed by atoms with Gasteiger partial charge in [0.1, 0.15) is 11.6 Å². The van der Waals surface area contributed by atoms with Crippen molar-refractivity contribution in [3.8, 4) is 11.5 Å². The van der Waals surface area contributed by atoms with E-state index in [0.717, 1.165) is 25.7 Å². The van der Waals surface area contributed by atoms with Crippen molar-refractivity contribution in [2.75, 3.05) is 14.1 Å². The highest BCUT2D eigenvalue weighted by atomic mass is 35.5. The second-order valence-corrected chi connectivity index (χ2v) is 7.54. The molecule has 28 heavy (non-hydrogen) atoms. The maximum Gasteiger partial charge on any atom is 0.338 e. The molecular weight excluding hydrogens is 399 g/mol. The molecule has 0 aliphatic heterocycles. The van der Waals surface area contributed by atoms with Gasteiger partial charge in [0.2, 0.25) is 5.89 Å². The molecule has 0 spiro atoms. The lowest BCUT2D eigenvalue weighted by Crippen LogP contribution is -2.14. The quantitative estimate of drug-likeness (QED) is 0.547. The number of nitrogens with one attached hydrogen (secondary N) is 1. The van der Waals surface area contributed by atoms with E-state index in [1.54, 1.807) is 36.4 Å². The van der Waals surface area contributed by atoms with Crippen LogP contribution in [-0.2, 0) is 4.74 Å². The van der Waals surface area contributed by atoms with Crippen LogP contribution in [0.25, 0.3) is 22.6 Å². The molecule has 0 unspecified atom stereocenters. The number of ether oxygens (including phenoxy) is 1. The zero-order valence-corrected chi connectivity index (χ0v) is 17.3. The Kier molecular flexibility index (Phi) is 6.94. The number of nitrogens with zero attached hydrogens (tertiary/aromatic N) is 1. The van der Waals surface area contributed by atoms with Gasteiger partial charge in [0.25, 0.3) is 0 Å². The minimum Gasteiger partial charge on any atom is -0.459 e. The van der Waals surface area contributed by atoms with E-state index >= 15 is 0 Å². The zero-order chi connectivity index (χ0) is 20.1. The third kappa shape index (κ3) is 5.04. The molecule has 1 saturated carbocycles. The normalized spacial score (nSPS) is 14.0. The summed E-state index contributed by atoms with van der Waals surface area (Å²) >= 11 is 12.1. The summed E-state index contributed by atoms with van der Waals surface area (Å²) in [6, 6.07) is 10.2. The molecule has 0 bridgehead atoms. The molecule has 1 fully saturated rings. The molecule has 1 aromatic heterocycles. The lowest BCUT2D eigenvalue weighted by molar-refractivity contribution is 0.0318. The fourth-order valence-corrected chi connectivity index (χ4v) is 3.60. The van der Waals surface area contributed by atoms with Crippen molar-refractivity contribution in [1.82, 2.24) is 10.3 Å². The highest BCUT2D eigenvalue weighted by Crippen LogP contribution is 2.30. The van der Waals surface area contributed by atoms with E-state index in [1.807, 2.05) is 14.1 Å². The summed E-state index contributed by atoms with van der Waals surface area (Å²) in [5.74, 6) is 0.0817. The highest BCUT2D eigenvalue weighted by Gasteiger charge is 2.21. The van der Waals surface area contributed by atoms with Crippen LogP contribution in [0, 0.1) is 0 Å². The molecule has 1 N–H and O–H groups in total. The molecular formula is C21H22Cl2N2O3. The number of oxazole rings is 1. The Morgan fingerprint density at radius 2 is 1.75 bits per heavy atom. The second kappa shape index (κ2) is 9.41. The molecule has 1 aliphatic rings. The number of halogens is 2. The molecule has 0 radical (unpaired) electrons. The van der Waals surface area contributed by atoms with Gasteiger partial charge in [-0.1, -0.05) is 23.2 Å². The molecule has 148 valence electrons. The first kappa shape index (κ1) is 20.6. The monoisotopic (exact) mass is 420 g/mol. The van der Waals surface area contributed by atoms with Crippen LogP contribution in [0.15, 0.2) is 40.8 Å². The molecule has 0 atom stereocenters. The van der Waals surface area contributed by atoms with Crippen LogP contribution in [-0.4, -0.2) is 31.2 Å². The summed E-state index contributed by atoms with van der Waals surface area (Å²) in [6.07, 6.45) is 4.14. The summed E-state index contributed by atoms with van der Waals surface area (Å²) < 4.78 is 11.3. The van der Waals surface area contributed by atoms with Gasteiger partial charge in [0.15, 0.2) is 5.58 Å². The van der Waals surface area contributed by atoms with Crippen LogP contribution in [0.5, 0.6) is 0 Å². The van der Waals surface area contributed by atoms with Gasteiger partial charge < -0.3 is 14.5 Å². The number of rotatable bonds is 3. The lowest BCUT2D eigenvalue weighted by atomic mass is 10.2. The van der Waals surface area contributed by atoms with E-state index in [9.17, 15) is 4.79 Å². The highest BCUT2D eigenvalue weighted by molar-refractivity contribution is 6.35. The van der Waals surface area contributed by atoms with Gasteiger partial charge in [-0.25, -0.2) is 9.78 Å². The Balaban J connectivity index is 0.000000706. The Bertz CT molecular complexity index is 945. The molecule has 0 amide bonds. The Morgan fingerprint density at radius 3 is 2.39 bits per heavy atom. The average Bonchev–Trinajstić information content (AvgIpc) is 3.30. The van der Waals surface area contributed by atoms with E-state index in [-0.39, 0.29) is 12.1 Å². The van der Waals surface area contributed by atoms with Crippen LogP contribution < -0.4 is 5.32 Å². The van der Waals surface area contributed by atoms with E-state index in [0.29, 0.717) is 38.2 Å². The number of carbonyl (C=O) groups excluding carboxylic acids is 1. The summed E-state index contributed by atoms with van der Waals surface area (Å²) in [7, 11) is 3.75. The number of fused-ring (bicyclic) bond motifs is 1. The van der Waals surface area contributed by atoms with Crippen molar-refractivity contribution in [3.05, 3.63) is 52.0 Å². The fourth-order valence-electron chi connectivity index (χ4n) is 3.08. The number of aromatic nitrogens is 1. The van der Waals surface area contributed by atoms with Crippen molar-refractivity contribution in [3.63, 3.8) is 0 Å². The van der Waals surface area contributed by atoms with E-state index in [4.69, 9.17) is 32.4 Å². The van der Waals surface area contributed by atoms with Gasteiger partial charge in [0, 0.05) is 15.6 Å². The van der Waals surface area contributed by atoms with Gasteiger partial charge in [-0.2, -0.15) is 0 Å². The maximum atomic E-state index is 12.3. The summed E-state index contributed by atoms with van der Waals surface area (Å²) in [5, 5.41) is 3.76. The van der Waals surface area contributed by atoms with Crippen LogP contribution >= 0.6 is 23.2 Å². The number of benzene rings is 2. The number of carbonyl (C=O) groups is 1. The first-order valence-corrected chi connectivity index (χ1v) is 9.92. The van der Waals surface area contributed by atoms with Crippen molar-refractivity contribution in [1.29, 1.82) is 0 Å². The first-order valence-electron chi connectivity index (χ1n) is 9.16. The average molecular weight is 421 g/mol. The van der Waals surface area contributed by atoms with E-state index in [2.05, 4.69) is 10.3 Å². The Morgan fingerprint density at radius 1 is 1.11 bits per heavy atom. The summed E-state index contributed by atoms with van der Waals surface area (Å²) in [4.78, 5) is 16.7.